The number of hydrogen-bond donors (Lipinski definition) is 1. The summed E-state index contributed by atoms with van der Waals surface area (Å²) in [7, 11) is 0. The molecule has 1 aliphatic heterocycles. The summed E-state index contributed by atoms with van der Waals surface area (Å²) in [5.74, 6) is -0.181. The van der Waals surface area contributed by atoms with Crippen molar-refractivity contribution < 1.29 is 14.6 Å². The van der Waals surface area contributed by atoms with Crippen molar-refractivity contribution in [3.8, 4) is 0 Å². The van der Waals surface area contributed by atoms with E-state index in [-0.39, 0.29) is 12.1 Å². The van der Waals surface area contributed by atoms with Crippen molar-refractivity contribution in [3.63, 3.8) is 0 Å². The van der Waals surface area contributed by atoms with Crippen LogP contribution in [0.5, 0.6) is 0 Å². The van der Waals surface area contributed by atoms with E-state index in [1.165, 1.54) is 5.56 Å². The van der Waals surface area contributed by atoms with Crippen LogP contribution in [0.2, 0.25) is 0 Å². The molecule has 4 heteroatoms. The van der Waals surface area contributed by atoms with Gasteiger partial charge >= 0.3 is 5.97 Å². The summed E-state index contributed by atoms with van der Waals surface area (Å²) in [6, 6.07) is 8.06. The van der Waals surface area contributed by atoms with Crippen molar-refractivity contribution in [3.05, 3.63) is 35.4 Å². The lowest BCUT2D eigenvalue weighted by Gasteiger charge is -2.29. The maximum absolute atomic E-state index is 11.4. The van der Waals surface area contributed by atoms with Gasteiger partial charge in [-0.3, -0.25) is 9.69 Å². The van der Waals surface area contributed by atoms with Gasteiger partial charge in [0.15, 0.2) is 0 Å². The van der Waals surface area contributed by atoms with Gasteiger partial charge in [-0.05, 0) is 37.4 Å². The van der Waals surface area contributed by atoms with E-state index < -0.39 is 0 Å². The number of likely N-dealkylation sites (tertiary alicyclic amines) is 1. The number of carbonyl (C=O) groups excluding carboxylic acids is 1. The monoisotopic (exact) mass is 277 g/mol. The maximum atomic E-state index is 11.4. The second kappa shape index (κ2) is 7.41. The summed E-state index contributed by atoms with van der Waals surface area (Å²) in [4.78, 5) is 13.7. The van der Waals surface area contributed by atoms with Crippen molar-refractivity contribution >= 4 is 5.97 Å². The van der Waals surface area contributed by atoms with E-state index >= 15 is 0 Å². The molecule has 1 saturated heterocycles. The van der Waals surface area contributed by atoms with E-state index in [0.717, 1.165) is 38.0 Å². The minimum Gasteiger partial charge on any atom is -0.466 e. The molecule has 0 radical (unpaired) electrons. The van der Waals surface area contributed by atoms with Gasteiger partial charge in [0.05, 0.1) is 19.1 Å². The molecule has 0 saturated carbocycles. The number of carbonyl (C=O) groups is 1. The smallest absolute Gasteiger partial charge is 0.310 e. The molecule has 2 rings (SSSR count). The van der Waals surface area contributed by atoms with Crippen molar-refractivity contribution in [2.24, 2.45) is 0 Å². The molecule has 110 valence electrons. The Labute approximate surface area is 120 Å². The molecule has 1 atom stereocenters. The van der Waals surface area contributed by atoms with Gasteiger partial charge in [0.2, 0.25) is 0 Å². The number of ether oxygens (including phenoxy) is 1. The summed E-state index contributed by atoms with van der Waals surface area (Å²) >= 11 is 0. The molecular formula is C16H23NO3. The highest BCUT2D eigenvalue weighted by Gasteiger charge is 2.17. The first-order valence-electron chi connectivity index (χ1n) is 7.31. The van der Waals surface area contributed by atoms with Crippen LogP contribution in [0.1, 0.15) is 30.9 Å². The first kappa shape index (κ1) is 15.0. The summed E-state index contributed by atoms with van der Waals surface area (Å²) < 4.78 is 4.93. The normalized spacial score (nSPS) is 19.8. The lowest BCUT2D eigenvalue weighted by molar-refractivity contribution is -0.142. The predicted molar refractivity (Wildman–Crippen MR) is 77.3 cm³/mol. The first-order valence-corrected chi connectivity index (χ1v) is 7.31. The van der Waals surface area contributed by atoms with Crippen LogP contribution < -0.4 is 0 Å². The average molecular weight is 277 g/mol. The Hall–Kier alpha value is -1.39. The number of β-amino-alcohol motifs (C(OH)–C–C–N with tert-alkyl or cyclic N) is 1. The summed E-state index contributed by atoms with van der Waals surface area (Å²) in [6.07, 6.45) is 2.11. The molecule has 1 aromatic carbocycles. The number of nitrogens with zero attached hydrogens (tertiary/aromatic N) is 1. The third-order valence-electron chi connectivity index (χ3n) is 3.56. The van der Waals surface area contributed by atoms with Crippen LogP contribution in [-0.4, -0.2) is 41.8 Å². The fourth-order valence-corrected chi connectivity index (χ4v) is 2.57. The van der Waals surface area contributed by atoms with Gasteiger partial charge in [-0.1, -0.05) is 24.3 Å². The Morgan fingerprint density at radius 1 is 1.35 bits per heavy atom. The average Bonchev–Trinajstić information content (AvgIpc) is 2.41. The van der Waals surface area contributed by atoms with Gasteiger partial charge in [0.1, 0.15) is 0 Å². The zero-order valence-corrected chi connectivity index (χ0v) is 12.0. The van der Waals surface area contributed by atoms with Crippen LogP contribution in [0.25, 0.3) is 0 Å². The maximum Gasteiger partial charge on any atom is 0.310 e. The number of benzene rings is 1. The fourth-order valence-electron chi connectivity index (χ4n) is 2.57. The van der Waals surface area contributed by atoms with Crippen molar-refractivity contribution in [1.82, 2.24) is 4.90 Å². The number of rotatable bonds is 5. The Morgan fingerprint density at radius 3 is 2.70 bits per heavy atom. The van der Waals surface area contributed by atoms with Crippen molar-refractivity contribution in [1.29, 1.82) is 0 Å². The van der Waals surface area contributed by atoms with Crippen LogP contribution in [0.15, 0.2) is 24.3 Å². The largest absolute Gasteiger partial charge is 0.466 e. The highest BCUT2D eigenvalue weighted by Crippen LogP contribution is 2.14. The summed E-state index contributed by atoms with van der Waals surface area (Å²) in [6.45, 7) is 4.89. The van der Waals surface area contributed by atoms with Crippen LogP contribution >= 0.6 is 0 Å². The highest BCUT2D eigenvalue weighted by atomic mass is 16.5. The predicted octanol–water partition coefficient (Wildman–Crippen LogP) is 1.75. The minimum atomic E-state index is -0.188. The minimum absolute atomic E-state index is 0.181. The second-order valence-electron chi connectivity index (χ2n) is 5.33. The fraction of sp³-hybridized carbons (Fsp3) is 0.562. The number of aliphatic hydroxyl groups is 1. The molecule has 0 spiro atoms. The van der Waals surface area contributed by atoms with E-state index in [9.17, 15) is 9.90 Å². The lowest BCUT2D eigenvalue weighted by Crippen LogP contribution is -2.37. The molecular weight excluding hydrogens is 254 g/mol. The summed E-state index contributed by atoms with van der Waals surface area (Å²) in [5.41, 5.74) is 2.19. The molecule has 0 aromatic heterocycles. The SMILES string of the molecule is CCOC(=O)Cc1ccc(CN2CCCC(O)C2)cc1. The number of esters is 1. The number of hydrogen-bond acceptors (Lipinski definition) is 4. The number of piperidine rings is 1. The first-order chi connectivity index (χ1) is 9.67. The topological polar surface area (TPSA) is 49.8 Å². The molecule has 1 aromatic rings. The molecule has 1 N–H and O–H groups in total. The van der Waals surface area contributed by atoms with E-state index in [1.54, 1.807) is 0 Å². The van der Waals surface area contributed by atoms with Crippen LogP contribution in [-0.2, 0) is 22.5 Å². The van der Waals surface area contributed by atoms with Crippen molar-refractivity contribution in [2.45, 2.75) is 38.8 Å². The molecule has 1 aliphatic rings. The van der Waals surface area contributed by atoms with E-state index in [1.807, 2.05) is 19.1 Å². The van der Waals surface area contributed by atoms with E-state index in [2.05, 4.69) is 17.0 Å². The molecule has 0 aliphatic carbocycles. The van der Waals surface area contributed by atoms with Crippen molar-refractivity contribution in [2.75, 3.05) is 19.7 Å². The van der Waals surface area contributed by atoms with Gasteiger partial charge in [0, 0.05) is 13.1 Å². The highest BCUT2D eigenvalue weighted by molar-refractivity contribution is 5.72. The molecule has 0 amide bonds. The van der Waals surface area contributed by atoms with Gasteiger partial charge in [-0.2, -0.15) is 0 Å². The molecule has 20 heavy (non-hydrogen) atoms. The molecule has 1 unspecified atom stereocenters. The Kier molecular flexibility index (Phi) is 5.56. The molecule has 0 bridgehead atoms. The molecule has 1 heterocycles. The second-order valence-corrected chi connectivity index (χ2v) is 5.33. The third kappa shape index (κ3) is 4.62. The zero-order valence-electron chi connectivity index (χ0n) is 12.0. The third-order valence-corrected chi connectivity index (χ3v) is 3.56. The zero-order chi connectivity index (χ0) is 14.4. The Balaban J connectivity index is 1.86. The van der Waals surface area contributed by atoms with Gasteiger partial charge in [0.25, 0.3) is 0 Å². The van der Waals surface area contributed by atoms with Crippen LogP contribution in [0, 0.1) is 0 Å². The van der Waals surface area contributed by atoms with E-state index in [4.69, 9.17) is 4.74 Å². The quantitative estimate of drug-likeness (QED) is 0.833. The Bertz CT molecular complexity index is 430. The Morgan fingerprint density at radius 2 is 2.05 bits per heavy atom. The van der Waals surface area contributed by atoms with Gasteiger partial charge < -0.3 is 9.84 Å². The standard InChI is InChI=1S/C16H23NO3/c1-2-20-16(19)10-13-5-7-14(8-6-13)11-17-9-3-4-15(18)12-17/h5-8,15,18H,2-4,9-12H2,1H3. The number of aliphatic hydroxyl groups excluding tert-OH is 1. The summed E-state index contributed by atoms with van der Waals surface area (Å²) in [5, 5.41) is 9.66. The lowest BCUT2D eigenvalue weighted by atomic mass is 10.1. The van der Waals surface area contributed by atoms with Gasteiger partial charge in [-0.15, -0.1) is 0 Å². The van der Waals surface area contributed by atoms with Gasteiger partial charge in [-0.25, -0.2) is 0 Å². The molecule has 1 fully saturated rings. The van der Waals surface area contributed by atoms with Crippen LogP contribution in [0.4, 0.5) is 0 Å². The van der Waals surface area contributed by atoms with Crippen LogP contribution in [0.3, 0.4) is 0 Å². The molecule has 4 nitrogen and oxygen atoms in total. The van der Waals surface area contributed by atoms with E-state index in [0.29, 0.717) is 13.0 Å².